The van der Waals surface area contributed by atoms with Crippen LogP contribution in [0, 0.1) is 17.8 Å². The molecule has 1 amide bonds. The van der Waals surface area contributed by atoms with Gasteiger partial charge in [-0.05, 0) is 67.1 Å². The molecule has 106 valence electrons. The summed E-state index contributed by atoms with van der Waals surface area (Å²) in [7, 11) is 0. The minimum Gasteiger partial charge on any atom is -0.352 e. The SMILES string of the molecule is NC(c1ccc2c(c1)C(=O)NCCC2)C1CC2CC2C1. The first-order chi connectivity index (χ1) is 9.72. The summed E-state index contributed by atoms with van der Waals surface area (Å²) >= 11 is 0. The summed E-state index contributed by atoms with van der Waals surface area (Å²) in [6.07, 6.45) is 6.01. The fourth-order valence-corrected chi connectivity index (χ4v) is 4.13. The van der Waals surface area contributed by atoms with E-state index >= 15 is 0 Å². The summed E-state index contributed by atoms with van der Waals surface area (Å²) in [5.74, 6) is 2.59. The van der Waals surface area contributed by atoms with E-state index in [0.29, 0.717) is 5.92 Å². The Kier molecular flexibility index (Phi) is 2.84. The molecule has 20 heavy (non-hydrogen) atoms. The van der Waals surface area contributed by atoms with Gasteiger partial charge in [-0.3, -0.25) is 4.79 Å². The quantitative estimate of drug-likeness (QED) is 0.867. The Balaban J connectivity index is 1.60. The van der Waals surface area contributed by atoms with Crippen molar-refractivity contribution < 1.29 is 4.79 Å². The van der Waals surface area contributed by atoms with Gasteiger partial charge in [-0.1, -0.05) is 12.1 Å². The maximum absolute atomic E-state index is 12.1. The van der Waals surface area contributed by atoms with Gasteiger partial charge in [0.05, 0.1) is 0 Å². The second-order valence-corrected chi connectivity index (χ2v) is 6.79. The molecule has 3 unspecified atom stereocenters. The molecule has 0 radical (unpaired) electrons. The molecule has 3 nitrogen and oxygen atoms in total. The molecule has 0 aromatic heterocycles. The van der Waals surface area contributed by atoms with Crippen LogP contribution in [-0.2, 0) is 6.42 Å². The van der Waals surface area contributed by atoms with Crippen LogP contribution in [0.3, 0.4) is 0 Å². The molecule has 4 rings (SSSR count). The first-order valence-electron chi connectivity index (χ1n) is 7.89. The summed E-state index contributed by atoms with van der Waals surface area (Å²) < 4.78 is 0. The lowest BCUT2D eigenvalue weighted by atomic mass is 9.88. The predicted octanol–water partition coefficient (Wildman–Crippen LogP) is 2.41. The first-order valence-corrected chi connectivity index (χ1v) is 7.89. The first kappa shape index (κ1) is 12.4. The Morgan fingerprint density at radius 3 is 2.80 bits per heavy atom. The van der Waals surface area contributed by atoms with Crippen LogP contribution in [0.15, 0.2) is 18.2 Å². The highest BCUT2D eigenvalue weighted by Gasteiger charge is 2.47. The standard InChI is InChI=1S/C17H22N2O/c18-16(14-7-12-6-13(12)8-14)11-4-3-10-2-1-5-19-17(20)15(10)9-11/h3-4,9,12-14,16H,1-2,5-8,18H2,(H,19,20). The minimum absolute atomic E-state index is 0.0702. The van der Waals surface area contributed by atoms with Gasteiger partial charge >= 0.3 is 0 Å². The van der Waals surface area contributed by atoms with Crippen LogP contribution >= 0.6 is 0 Å². The van der Waals surface area contributed by atoms with Crippen LogP contribution in [0.25, 0.3) is 0 Å². The Morgan fingerprint density at radius 2 is 2.00 bits per heavy atom. The van der Waals surface area contributed by atoms with E-state index in [1.807, 2.05) is 6.07 Å². The number of amides is 1. The average molecular weight is 270 g/mol. The van der Waals surface area contributed by atoms with Crippen LogP contribution in [-0.4, -0.2) is 12.5 Å². The van der Waals surface area contributed by atoms with E-state index < -0.39 is 0 Å². The molecular weight excluding hydrogens is 248 g/mol. The topological polar surface area (TPSA) is 55.1 Å². The van der Waals surface area contributed by atoms with Crippen LogP contribution < -0.4 is 11.1 Å². The van der Waals surface area contributed by atoms with E-state index in [0.717, 1.165) is 42.3 Å². The van der Waals surface area contributed by atoms with Crippen molar-refractivity contribution in [3.8, 4) is 0 Å². The summed E-state index contributed by atoms with van der Waals surface area (Å²) in [6.45, 7) is 0.779. The van der Waals surface area contributed by atoms with Gasteiger partial charge in [0.25, 0.3) is 5.91 Å². The zero-order valence-corrected chi connectivity index (χ0v) is 11.8. The Bertz CT molecular complexity index is 544. The number of aryl methyl sites for hydroxylation is 1. The molecule has 1 heterocycles. The zero-order valence-electron chi connectivity index (χ0n) is 11.8. The molecule has 0 saturated heterocycles. The zero-order chi connectivity index (χ0) is 13.7. The third kappa shape index (κ3) is 2.05. The molecule has 2 saturated carbocycles. The number of nitrogens with two attached hydrogens (primary N) is 1. The minimum atomic E-state index is 0.0702. The normalized spacial score (nSPS) is 32.9. The molecule has 1 aromatic rings. The molecular formula is C17H22N2O. The lowest BCUT2D eigenvalue weighted by Gasteiger charge is -2.22. The number of hydrogen-bond acceptors (Lipinski definition) is 2. The largest absolute Gasteiger partial charge is 0.352 e. The molecule has 1 aromatic carbocycles. The van der Waals surface area contributed by atoms with Crippen molar-refractivity contribution in [3.05, 3.63) is 34.9 Å². The molecule has 1 aliphatic heterocycles. The molecule has 3 atom stereocenters. The summed E-state index contributed by atoms with van der Waals surface area (Å²) in [5.41, 5.74) is 9.63. The second kappa shape index (κ2) is 4.59. The number of hydrogen-bond donors (Lipinski definition) is 2. The molecule has 2 fully saturated rings. The van der Waals surface area contributed by atoms with E-state index in [-0.39, 0.29) is 11.9 Å². The predicted molar refractivity (Wildman–Crippen MR) is 78.3 cm³/mol. The van der Waals surface area contributed by atoms with E-state index in [1.165, 1.54) is 24.8 Å². The van der Waals surface area contributed by atoms with Crippen molar-refractivity contribution in [1.82, 2.24) is 5.32 Å². The third-order valence-electron chi connectivity index (χ3n) is 5.46. The summed E-state index contributed by atoms with van der Waals surface area (Å²) in [6, 6.07) is 6.41. The van der Waals surface area contributed by atoms with E-state index in [2.05, 4.69) is 17.4 Å². The van der Waals surface area contributed by atoms with E-state index in [4.69, 9.17) is 5.73 Å². The van der Waals surface area contributed by atoms with Crippen molar-refractivity contribution in [1.29, 1.82) is 0 Å². The molecule has 3 aliphatic rings. The number of carbonyl (C=O) groups is 1. The third-order valence-corrected chi connectivity index (χ3v) is 5.46. The van der Waals surface area contributed by atoms with Gasteiger partial charge in [0, 0.05) is 18.2 Å². The van der Waals surface area contributed by atoms with Gasteiger partial charge in [0.1, 0.15) is 0 Å². The number of carbonyl (C=O) groups excluding carboxylic acids is 1. The Morgan fingerprint density at radius 1 is 1.20 bits per heavy atom. The van der Waals surface area contributed by atoms with Crippen LogP contribution in [0.4, 0.5) is 0 Å². The monoisotopic (exact) mass is 270 g/mol. The van der Waals surface area contributed by atoms with Crippen molar-refractivity contribution in [2.45, 2.75) is 38.1 Å². The van der Waals surface area contributed by atoms with Crippen molar-refractivity contribution in [2.24, 2.45) is 23.5 Å². The number of benzene rings is 1. The van der Waals surface area contributed by atoms with Gasteiger partial charge in [-0.15, -0.1) is 0 Å². The fourth-order valence-electron chi connectivity index (χ4n) is 4.13. The van der Waals surface area contributed by atoms with Gasteiger partial charge in [-0.25, -0.2) is 0 Å². The lowest BCUT2D eigenvalue weighted by molar-refractivity contribution is 0.0956. The maximum Gasteiger partial charge on any atom is 0.251 e. The summed E-state index contributed by atoms with van der Waals surface area (Å²) in [5, 5.41) is 2.97. The molecule has 2 aliphatic carbocycles. The second-order valence-electron chi connectivity index (χ2n) is 6.79. The van der Waals surface area contributed by atoms with E-state index in [1.54, 1.807) is 0 Å². The van der Waals surface area contributed by atoms with Crippen molar-refractivity contribution in [3.63, 3.8) is 0 Å². The highest BCUT2D eigenvalue weighted by Crippen LogP contribution is 2.56. The van der Waals surface area contributed by atoms with Crippen molar-refractivity contribution >= 4 is 5.91 Å². The van der Waals surface area contributed by atoms with Crippen molar-refractivity contribution in [2.75, 3.05) is 6.54 Å². The molecule has 3 heteroatoms. The highest BCUT2D eigenvalue weighted by atomic mass is 16.1. The van der Waals surface area contributed by atoms with Gasteiger partial charge in [0.15, 0.2) is 0 Å². The average Bonchev–Trinajstić information content (AvgIpc) is 3.13. The highest BCUT2D eigenvalue weighted by molar-refractivity contribution is 5.96. The summed E-state index contributed by atoms with van der Waals surface area (Å²) in [4.78, 5) is 12.1. The molecule has 0 bridgehead atoms. The van der Waals surface area contributed by atoms with E-state index in [9.17, 15) is 4.79 Å². The number of nitrogens with one attached hydrogen (secondary N) is 1. The Hall–Kier alpha value is -1.35. The van der Waals surface area contributed by atoms with Crippen LogP contribution in [0.1, 0.15) is 53.2 Å². The Labute approximate surface area is 119 Å². The smallest absolute Gasteiger partial charge is 0.251 e. The van der Waals surface area contributed by atoms with Gasteiger partial charge in [-0.2, -0.15) is 0 Å². The number of fused-ring (bicyclic) bond motifs is 2. The number of rotatable bonds is 2. The van der Waals surface area contributed by atoms with Crippen LogP contribution in [0.5, 0.6) is 0 Å². The lowest BCUT2D eigenvalue weighted by Crippen LogP contribution is -2.24. The molecule has 0 spiro atoms. The maximum atomic E-state index is 12.1. The van der Waals surface area contributed by atoms with Crippen LogP contribution in [0.2, 0.25) is 0 Å². The molecule has 3 N–H and O–H groups in total. The fraction of sp³-hybridized carbons (Fsp3) is 0.588. The van der Waals surface area contributed by atoms with Gasteiger partial charge < -0.3 is 11.1 Å². The van der Waals surface area contributed by atoms with Gasteiger partial charge in [0.2, 0.25) is 0 Å².